The summed E-state index contributed by atoms with van der Waals surface area (Å²) in [6.07, 6.45) is 1.50. The molecule has 1 saturated heterocycles. The highest BCUT2D eigenvalue weighted by molar-refractivity contribution is 6.33. The van der Waals surface area contributed by atoms with E-state index in [4.69, 9.17) is 16.3 Å². The Morgan fingerprint density at radius 2 is 2.00 bits per heavy atom. The van der Waals surface area contributed by atoms with Gasteiger partial charge in [-0.15, -0.1) is 0 Å². The van der Waals surface area contributed by atoms with E-state index in [0.29, 0.717) is 17.2 Å². The van der Waals surface area contributed by atoms with Crippen LogP contribution in [0.4, 0.5) is 5.69 Å². The molecule has 0 aromatic heterocycles. The van der Waals surface area contributed by atoms with Crippen molar-refractivity contribution in [3.63, 3.8) is 0 Å². The van der Waals surface area contributed by atoms with Crippen molar-refractivity contribution < 1.29 is 14.3 Å². The van der Waals surface area contributed by atoms with Crippen LogP contribution >= 0.6 is 11.6 Å². The van der Waals surface area contributed by atoms with Gasteiger partial charge in [-0.1, -0.05) is 11.6 Å². The summed E-state index contributed by atoms with van der Waals surface area (Å²) in [5.74, 6) is -0.119. The minimum Gasteiger partial charge on any atom is -0.466 e. The van der Waals surface area contributed by atoms with E-state index in [-0.39, 0.29) is 17.7 Å². The number of hydrogen-bond donors (Lipinski definition) is 0. The fraction of sp³-hybridized carbons (Fsp3) is 0.500. The molecule has 0 atom stereocenters. The number of carbonyl (C=O) groups excluding carboxylic acids is 2. The van der Waals surface area contributed by atoms with Crippen molar-refractivity contribution in [1.82, 2.24) is 0 Å². The van der Waals surface area contributed by atoms with Gasteiger partial charge in [0.25, 0.3) is 0 Å². The van der Waals surface area contributed by atoms with Crippen LogP contribution in [0.15, 0.2) is 18.2 Å². The Morgan fingerprint density at radius 3 is 2.57 bits per heavy atom. The molecule has 2 rings (SSSR count). The van der Waals surface area contributed by atoms with Crippen LogP contribution in [0.25, 0.3) is 0 Å². The van der Waals surface area contributed by atoms with Crippen molar-refractivity contribution in [2.75, 3.05) is 24.6 Å². The van der Waals surface area contributed by atoms with Gasteiger partial charge in [-0.2, -0.15) is 0 Å². The smallest absolute Gasteiger partial charge is 0.309 e. The van der Waals surface area contributed by atoms with E-state index in [0.717, 1.165) is 31.6 Å². The van der Waals surface area contributed by atoms with Gasteiger partial charge in [-0.05, 0) is 44.9 Å². The van der Waals surface area contributed by atoms with Crippen molar-refractivity contribution >= 4 is 29.0 Å². The molecule has 0 spiro atoms. The molecule has 0 saturated carbocycles. The van der Waals surface area contributed by atoms with Gasteiger partial charge in [0, 0.05) is 18.7 Å². The first-order valence-corrected chi connectivity index (χ1v) is 7.62. The van der Waals surface area contributed by atoms with Gasteiger partial charge in [0.1, 0.15) is 0 Å². The zero-order chi connectivity index (χ0) is 15.4. The van der Waals surface area contributed by atoms with Crippen LogP contribution in [0.2, 0.25) is 5.02 Å². The number of piperidine rings is 1. The van der Waals surface area contributed by atoms with Crippen LogP contribution in [0.5, 0.6) is 0 Å². The molecule has 1 aliphatic rings. The van der Waals surface area contributed by atoms with Crippen molar-refractivity contribution in [3.05, 3.63) is 28.8 Å². The Kier molecular flexibility index (Phi) is 5.23. The van der Waals surface area contributed by atoms with E-state index in [1.165, 1.54) is 0 Å². The normalized spacial score (nSPS) is 15.9. The summed E-state index contributed by atoms with van der Waals surface area (Å²) < 4.78 is 5.07. The van der Waals surface area contributed by atoms with Gasteiger partial charge in [-0.25, -0.2) is 0 Å². The average molecular weight is 310 g/mol. The third kappa shape index (κ3) is 3.76. The molecular formula is C16H20ClNO3. The van der Waals surface area contributed by atoms with E-state index in [9.17, 15) is 9.59 Å². The SMILES string of the molecule is CCOC(=O)C1CCN(c2cc(C(C)=O)ccc2Cl)CC1. The highest BCUT2D eigenvalue weighted by Crippen LogP contribution is 2.31. The summed E-state index contributed by atoms with van der Waals surface area (Å²) in [6.45, 7) is 5.26. The van der Waals surface area contributed by atoms with Gasteiger partial charge in [0.05, 0.1) is 23.2 Å². The Hall–Kier alpha value is -1.55. The lowest BCUT2D eigenvalue weighted by molar-refractivity contribution is -0.148. The number of Topliss-reactive ketones (excluding diaryl/α,β-unsaturated/α-hetero) is 1. The second-order valence-corrected chi connectivity index (χ2v) is 5.64. The first-order chi connectivity index (χ1) is 10.0. The van der Waals surface area contributed by atoms with Gasteiger partial charge in [0.15, 0.2) is 5.78 Å². The number of carbonyl (C=O) groups is 2. The summed E-state index contributed by atoms with van der Waals surface area (Å²) in [7, 11) is 0. The molecule has 0 bridgehead atoms. The van der Waals surface area contributed by atoms with E-state index < -0.39 is 0 Å². The Balaban J connectivity index is 2.07. The number of rotatable bonds is 4. The zero-order valence-corrected chi connectivity index (χ0v) is 13.2. The van der Waals surface area contributed by atoms with E-state index in [2.05, 4.69) is 4.90 Å². The van der Waals surface area contributed by atoms with Gasteiger partial charge in [0.2, 0.25) is 0 Å². The molecule has 0 aliphatic carbocycles. The molecule has 0 N–H and O–H groups in total. The lowest BCUT2D eigenvalue weighted by atomic mass is 9.96. The van der Waals surface area contributed by atoms with Crippen LogP contribution in [-0.4, -0.2) is 31.4 Å². The third-order valence-corrected chi connectivity index (χ3v) is 4.13. The lowest BCUT2D eigenvalue weighted by Crippen LogP contribution is -2.37. The lowest BCUT2D eigenvalue weighted by Gasteiger charge is -2.33. The van der Waals surface area contributed by atoms with Crippen LogP contribution < -0.4 is 4.90 Å². The maximum absolute atomic E-state index is 11.7. The molecule has 4 nitrogen and oxygen atoms in total. The maximum atomic E-state index is 11.7. The second kappa shape index (κ2) is 6.94. The van der Waals surface area contributed by atoms with Gasteiger partial charge >= 0.3 is 5.97 Å². The van der Waals surface area contributed by atoms with Gasteiger partial charge in [-0.3, -0.25) is 9.59 Å². The largest absolute Gasteiger partial charge is 0.466 e. The standard InChI is InChI=1S/C16H20ClNO3/c1-3-21-16(20)12-6-8-18(9-7-12)15-10-13(11(2)19)4-5-14(15)17/h4-5,10,12H,3,6-9H2,1-2H3. The van der Waals surface area contributed by atoms with E-state index >= 15 is 0 Å². The van der Waals surface area contributed by atoms with E-state index in [1.54, 1.807) is 19.1 Å². The van der Waals surface area contributed by atoms with Crippen molar-refractivity contribution in [1.29, 1.82) is 0 Å². The highest BCUT2D eigenvalue weighted by atomic mass is 35.5. The third-order valence-electron chi connectivity index (χ3n) is 3.81. The topological polar surface area (TPSA) is 46.6 Å². The van der Waals surface area contributed by atoms with Crippen LogP contribution in [0.3, 0.4) is 0 Å². The second-order valence-electron chi connectivity index (χ2n) is 5.24. The highest BCUT2D eigenvalue weighted by Gasteiger charge is 2.27. The summed E-state index contributed by atoms with van der Waals surface area (Å²) in [5.41, 5.74) is 1.52. The summed E-state index contributed by atoms with van der Waals surface area (Å²) in [6, 6.07) is 5.32. The number of esters is 1. The molecule has 1 aromatic rings. The maximum Gasteiger partial charge on any atom is 0.309 e. The molecule has 1 aliphatic heterocycles. The molecule has 0 unspecified atom stereocenters. The first kappa shape index (κ1) is 15.8. The molecule has 1 fully saturated rings. The molecular weight excluding hydrogens is 290 g/mol. The first-order valence-electron chi connectivity index (χ1n) is 7.25. The zero-order valence-electron chi connectivity index (χ0n) is 12.4. The monoisotopic (exact) mass is 309 g/mol. The number of nitrogens with zero attached hydrogens (tertiary/aromatic N) is 1. The number of benzene rings is 1. The number of ether oxygens (including phenoxy) is 1. The Labute approximate surface area is 130 Å². The van der Waals surface area contributed by atoms with Crippen molar-refractivity contribution in [2.45, 2.75) is 26.7 Å². The molecule has 0 radical (unpaired) electrons. The molecule has 5 heteroatoms. The summed E-state index contributed by atoms with van der Waals surface area (Å²) in [4.78, 5) is 25.4. The van der Waals surface area contributed by atoms with Crippen molar-refractivity contribution in [2.24, 2.45) is 5.92 Å². The summed E-state index contributed by atoms with van der Waals surface area (Å²) >= 11 is 6.24. The van der Waals surface area contributed by atoms with E-state index in [1.807, 2.05) is 13.0 Å². The quantitative estimate of drug-likeness (QED) is 0.632. The Morgan fingerprint density at radius 1 is 1.33 bits per heavy atom. The fourth-order valence-electron chi connectivity index (χ4n) is 2.59. The van der Waals surface area contributed by atoms with Crippen molar-refractivity contribution in [3.8, 4) is 0 Å². The van der Waals surface area contributed by atoms with Crippen LogP contribution in [0.1, 0.15) is 37.0 Å². The molecule has 1 heterocycles. The minimum absolute atomic E-state index is 0.0225. The predicted octanol–water partition coefficient (Wildman–Crippen LogP) is 3.32. The number of halogens is 1. The molecule has 0 amide bonds. The number of hydrogen-bond acceptors (Lipinski definition) is 4. The predicted molar refractivity (Wildman–Crippen MR) is 83.0 cm³/mol. The van der Waals surface area contributed by atoms with Crippen LogP contribution in [0, 0.1) is 5.92 Å². The molecule has 21 heavy (non-hydrogen) atoms. The minimum atomic E-state index is -0.110. The number of ketones is 1. The summed E-state index contributed by atoms with van der Waals surface area (Å²) in [5, 5.41) is 0.634. The Bertz CT molecular complexity index is 536. The van der Waals surface area contributed by atoms with Gasteiger partial charge < -0.3 is 9.64 Å². The fourth-order valence-corrected chi connectivity index (χ4v) is 2.83. The number of anilines is 1. The average Bonchev–Trinajstić information content (AvgIpc) is 2.48. The van der Waals surface area contributed by atoms with Crippen LogP contribution in [-0.2, 0) is 9.53 Å². The molecule has 1 aromatic carbocycles. The molecule has 114 valence electrons.